The van der Waals surface area contributed by atoms with E-state index in [4.69, 9.17) is 4.74 Å². The summed E-state index contributed by atoms with van der Waals surface area (Å²) in [5.41, 5.74) is 3.20. The third kappa shape index (κ3) is 3.42. The van der Waals surface area contributed by atoms with Gasteiger partial charge in [-0.05, 0) is 61.4 Å². The molecule has 3 rings (SSSR count). The Labute approximate surface area is 141 Å². The maximum atomic E-state index is 12.6. The van der Waals surface area contributed by atoms with Gasteiger partial charge in [-0.2, -0.15) is 0 Å². The first kappa shape index (κ1) is 16.1. The van der Waals surface area contributed by atoms with Crippen LogP contribution >= 0.6 is 11.3 Å². The molecule has 1 atom stereocenters. The van der Waals surface area contributed by atoms with E-state index in [-0.39, 0.29) is 5.91 Å². The molecule has 0 bridgehead atoms. The highest BCUT2D eigenvalue weighted by atomic mass is 32.1. The monoisotopic (exact) mass is 329 g/mol. The van der Waals surface area contributed by atoms with Gasteiger partial charge in [-0.3, -0.25) is 4.79 Å². The molecule has 0 saturated carbocycles. The van der Waals surface area contributed by atoms with Gasteiger partial charge in [-0.1, -0.05) is 19.4 Å². The number of amides is 1. The quantitative estimate of drug-likeness (QED) is 0.872. The number of benzene rings is 1. The first-order chi connectivity index (χ1) is 11.1. The zero-order valence-electron chi connectivity index (χ0n) is 13.9. The lowest BCUT2D eigenvalue weighted by molar-refractivity contribution is 0.103. The van der Waals surface area contributed by atoms with Crippen LogP contribution in [-0.2, 0) is 12.8 Å². The predicted molar refractivity (Wildman–Crippen MR) is 95.8 cm³/mol. The number of carbonyl (C=O) groups is 1. The third-order valence-electron chi connectivity index (χ3n) is 4.59. The van der Waals surface area contributed by atoms with Gasteiger partial charge in [0.1, 0.15) is 5.75 Å². The molecule has 122 valence electrons. The summed E-state index contributed by atoms with van der Waals surface area (Å²) in [4.78, 5) is 14.8. The Bertz CT molecular complexity index is 720. The molecule has 4 heteroatoms. The molecule has 23 heavy (non-hydrogen) atoms. The first-order valence-electron chi connectivity index (χ1n) is 8.18. The summed E-state index contributed by atoms with van der Waals surface area (Å²) >= 11 is 1.64. The number of methoxy groups -OCH3 is 1. The van der Waals surface area contributed by atoms with Gasteiger partial charge in [0.2, 0.25) is 0 Å². The summed E-state index contributed by atoms with van der Waals surface area (Å²) in [6, 6.07) is 7.89. The highest BCUT2D eigenvalue weighted by molar-refractivity contribution is 7.14. The van der Waals surface area contributed by atoms with Crippen LogP contribution in [0.15, 0.2) is 24.3 Å². The second kappa shape index (κ2) is 6.75. The molecule has 1 heterocycles. The van der Waals surface area contributed by atoms with E-state index in [9.17, 15) is 4.79 Å². The zero-order valence-corrected chi connectivity index (χ0v) is 14.8. The molecule has 0 unspecified atom stereocenters. The molecule has 1 aromatic carbocycles. The topological polar surface area (TPSA) is 38.3 Å². The van der Waals surface area contributed by atoms with Crippen molar-refractivity contribution in [3.05, 3.63) is 45.1 Å². The smallest absolute Gasteiger partial charge is 0.265 e. The van der Waals surface area contributed by atoms with E-state index < -0.39 is 0 Å². The van der Waals surface area contributed by atoms with E-state index in [0.29, 0.717) is 5.75 Å². The van der Waals surface area contributed by atoms with Crippen molar-refractivity contribution in [2.45, 2.75) is 39.5 Å². The molecular formula is C19H23NO2S. The van der Waals surface area contributed by atoms with Gasteiger partial charge in [0.25, 0.3) is 5.91 Å². The molecule has 1 N–H and O–H groups in total. The van der Waals surface area contributed by atoms with Crippen LogP contribution in [0.5, 0.6) is 5.75 Å². The van der Waals surface area contributed by atoms with Crippen molar-refractivity contribution in [3.63, 3.8) is 0 Å². The minimum Gasteiger partial charge on any atom is -0.495 e. The average molecular weight is 329 g/mol. The van der Waals surface area contributed by atoms with Gasteiger partial charge < -0.3 is 10.1 Å². The highest BCUT2D eigenvalue weighted by Gasteiger charge is 2.22. The van der Waals surface area contributed by atoms with E-state index in [1.807, 2.05) is 25.1 Å². The van der Waals surface area contributed by atoms with Crippen molar-refractivity contribution in [2.24, 2.45) is 5.92 Å². The fourth-order valence-electron chi connectivity index (χ4n) is 3.16. The first-order valence-corrected chi connectivity index (χ1v) is 9.00. The zero-order chi connectivity index (χ0) is 16.4. The number of thiophene rings is 1. The van der Waals surface area contributed by atoms with Crippen LogP contribution in [0.1, 0.15) is 45.4 Å². The molecule has 1 aliphatic carbocycles. The van der Waals surface area contributed by atoms with Crippen LogP contribution in [-0.4, -0.2) is 13.0 Å². The molecule has 0 saturated heterocycles. The van der Waals surface area contributed by atoms with E-state index >= 15 is 0 Å². The van der Waals surface area contributed by atoms with Gasteiger partial charge in [-0.25, -0.2) is 0 Å². The number of ether oxygens (including phenoxy) is 1. The lowest BCUT2D eigenvalue weighted by Gasteiger charge is -2.19. The van der Waals surface area contributed by atoms with Gasteiger partial charge in [0.15, 0.2) is 0 Å². The molecular weight excluding hydrogens is 306 g/mol. The number of hydrogen-bond donors (Lipinski definition) is 1. The molecule has 1 amide bonds. The number of nitrogens with one attached hydrogen (secondary N) is 1. The molecule has 1 aromatic heterocycles. The van der Waals surface area contributed by atoms with Crippen LogP contribution in [0, 0.1) is 12.8 Å². The Morgan fingerprint density at radius 1 is 1.39 bits per heavy atom. The summed E-state index contributed by atoms with van der Waals surface area (Å²) < 4.78 is 5.34. The van der Waals surface area contributed by atoms with E-state index in [1.165, 1.54) is 23.3 Å². The Hall–Kier alpha value is -1.81. The lowest BCUT2D eigenvalue weighted by atomic mass is 9.87. The maximum absolute atomic E-state index is 12.6. The van der Waals surface area contributed by atoms with Gasteiger partial charge in [-0.15, -0.1) is 11.3 Å². The van der Waals surface area contributed by atoms with Crippen LogP contribution < -0.4 is 10.1 Å². The second-order valence-electron chi connectivity index (χ2n) is 6.23. The van der Waals surface area contributed by atoms with Crippen molar-refractivity contribution in [3.8, 4) is 5.75 Å². The number of carbonyl (C=O) groups excluding carboxylic acids is 1. The van der Waals surface area contributed by atoms with Gasteiger partial charge >= 0.3 is 0 Å². The maximum Gasteiger partial charge on any atom is 0.265 e. The molecule has 0 spiro atoms. The van der Waals surface area contributed by atoms with Crippen molar-refractivity contribution >= 4 is 22.9 Å². The minimum absolute atomic E-state index is 0.0404. The molecule has 0 fully saturated rings. The number of aryl methyl sites for hydroxylation is 2. The summed E-state index contributed by atoms with van der Waals surface area (Å²) in [6.45, 7) is 4.25. The second-order valence-corrected chi connectivity index (χ2v) is 7.37. The largest absolute Gasteiger partial charge is 0.495 e. The lowest BCUT2D eigenvalue weighted by Crippen LogP contribution is -2.11. The Balaban J connectivity index is 1.80. The normalized spacial score (nSPS) is 16.7. The number of fused-ring (bicyclic) bond motifs is 1. The van der Waals surface area contributed by atoms with Gasteiger partial charge in [0, 0.05) is 4.88 Å². The standard InChI is InChI=1S/C19H23NO2S/c1-4-13-6-8-17-14(10-13)11-18(23-17)19(21)20-15-9-12(2)5-7-16(15)22-3/h5,7,9,11,13H,4,6,8,10H2,1-3H3,(H,20,21)/t13-/m0/s1. The van der Waals surface area contributed by atoms with E-state index in [1.54, 1.807) is 18.4 Å². The molecule has 0 radical (unpaired) electrons. The van der Waals surface area contributed by atoms with Crippen LogP contribution in [0.4, 0.5) is 5.69 Å². The third-order valence-corrected chi connectivity index (χ3v) is 5.83. The van der Waals surface area contributed by atoms with E-state index in [0.717, 1.165) is 34.9 Å². The fourth-order valence-corrected chi connectivity index (χ4v) is 4.27. The Morgan fingerprint density at radius 2 is 2.22 bits per heavy atom. The Morgan fingerprint density at radius 3 is 2.96 bits per heavy atom. The summed E-state index contributed by atoms with van der Waals surface area (Å²) in [5.74, 6) is 1.42. The Kier molecular flexibility index (Phi) is 4.71. The summed E-state index contributed by atoms with van der Waals surface area (Å²) in [6.07, 6.45) is 4.69. The molecule has 0 aliphatic heterocycles. The van der Waals surface area contributed by atoms with Crippen LogP contribution in [0.2, 0.25) is 0 Å². The van der Waals surface area contributed by atoms with E-state index in [2.05, 4.69) is 18.3 Å². The van der Waals surface area contributed by atoms with Crippen molar-refractivity contribution < 1.29 is 9.53 Å². The van der Waals surface area contributed by atoms with Crippen LogP contribution in [0.25, 0.3) is 0 Å². The van der Waals surface area contributed by atoms with Crippen molar-refractivity contribution in [2.75, 3.05) is 12.4 Å². The fraction of sp³-hybridized carbons (Fsp3) is 0.421. The summed E-state index contributed by atoms with van der Waals surface area (Å²) in [5, 5.41) is 3.00. The number of rotatable bonds is 4. The highest BCUT2D eigenvalue weighted by Crippen LogP contribution is 2.34. The average Bonchev–Trinajstić information content (AvgIpc) is 2.98. The molecule has 3 nitrogen and oxygen atoms in total. The van der Waals surface area contributed by atoms with Gasteiger partial charge in [0.05, 0.1) is 17.7 Å². The summed E-state index contributed by atoms with van der Waals surface area (Å²) in [7, 11) is 1.62. The van der Waals surface area contributed by atoms with Crippen molar-refractivity contribution in [1.82, 2.24) is 0 Å². The van der Waals surface area contributed by atoms with Crippen molar-refractivity contribution in [1.29, 1.82) is 0 Å². The predicted octanol–water partition coefficient (Wildman–Crippen LogP) is 4.83. The van der Waals surface area contributed by atoms with Crippen LogP contribution in [0.3, 0.4) is 0 Å². The minimum atomic E-state index is -0.0404. The molecule has 1 aliphatic rings. The number of anilines is 1. The SMILES string of the molecule is CC[C@H]1CCc2sc(C(=O)Nc3cc(C)ccc3OC)cc2C1. The number of hydrogen-bond acceptors (Lipinski definition) is 3. The molecule has 2 aromatic rings.